The third-order valence-electron chi connectivity index (χ3n) is 10.8. The zero-order chi connectivity index (χ0) is 34.2. The number of nitrogens with zero attached hydrogens (tertiary/aromatic N) is 1. The first-order chi connectivity index (χ1) is 25.8. The molecule has 0 saturated heterocycles. The van der Waals surface area contributed by atoms with Gasteiger partial charge in [-0.1, -0.05) is 140 Å². The first kappa shape index (κ1) is 29.3. The summed E-state index contributed by atoms with van der Waals surface area (Å²) in [5, 5.41) is 10.9. The van der Waals surface area contributed by atoms with Gasteiger partial charge in [-0.15, -0.1) is 11.3 Å². The summed E-state index contributed by atoms with van der Waals surface area (Å²) in [6.07, 6.45) is 0. The Morgan fingerprint density at radius 1 is 0.327 bits per heavy atom. The van der Waals surface area contributed by atoms with Crippen molar-refractivity contribution in [2.24, 2.45) is 0 Å². The van der Waals surface area contributed by atoms with Gasteiger partial charge in [0.05, 0.1) is 0 Å². The van der Waals surface area contributed by atoms with Gasteiger partial charge in [0.15, 0.2) is 0 Å². The summed E-state index contributed by atoms with van der Waals surface area (Å²) in [5.74, 6) is 0. The fourth-order valence-corrected chi connectivity index (χ4v) is 9.62. The van der Waals surface area contributed by atoms with E-state index in [9.17, 15) is 0 Å². The fraction of sp³-hybridized carbons (Fsp3) is 0. The highest BCUT2D eigenvalue weighted by molar-refractivity contribution is 7.26. The molecule has 11 aromatic rings. The van der Waals surface area contributed by atoms with Gasteiger partial charge in [-0.25, -0.2) is 0 Å². The smallest absolute Gasteiger partial charge is 0.0462 e. The lowest BCUT2D eigenvalue weighted by molar-refractivity contribution is 1.28. The molecule has 242 valence electrons. The Bertz CT molecular complexity index is 2930. The van der Waals surface area contributed by atoms with E-state index in [1.54, 1.807) is 0 Å². The van der Waals surface area contributed by atoms with E-state index < -0.39 is 0 Å². The molecule has 0 spiro atoms. The van der Waals surface area contributed by atoms with Gasteiger partial charge < -0.3 is 4.90 Å². The van der Waals surface area contributed by atoms with Crippen LogP contribution in [0.15, 0.2) is 188 Å². The van der Waals surface area contributed by atoms with Crippen LogP contribution in [0.5, 0.6) is 0 Å². The predicted octanol–water partition coefficient (Wildman–Crippen LogP) is 14.9. The van der Waals surface area contributed by atoms with E-state index in [-0.39, 0.29) is 0 Å². The Hall–Kier alpha value is -6.48. The summed E-state index contributed by atoms with van der Waals surface area (Å²) < 4.78 is 2.73. The number of hydrogen-bond acceptors (Lipinski definition) is 2. The third kappa shape index (κ3) is 4.48. The SMILES string of the molecule is c1ccc(-c2ccc(N(c3ccc(-c4ccccc4)cc3)c3ccc(-c4cc5ccc6cccc7c8cccc9sc4c(c98)c5c67)cc3)cc2)cc1. The summed E-state index contributed by atoms with van der Waals surface area (Å²) in [6.45, 7) is 0. The number of benzene rings is 10. The Morgan fingerprint density at radius 2 is 0.827 bits per heavy atom. The number of thiophene rings is 1. The van der Waals surface area contributed by atoms with Crippen molar-refractivity contribution in [3.8, 4) is 33.4 Å². The van der Waals surface area contributed by atoms with E-state index in [1.165, 1.54) is 85.9 Å². The molecule has 0 unspecified atom stereocenters. The molecule has 0 N–H and O–H groups in total. The van der Waals surface area contributed by atoms with Crippen LogP contribution in [0, 0.1) is 0 Å². The second-order valence-corrected chi connectivity index (χ2v) is 14.7. The van der Waals surface area contributed by atoms with E-state index in [1.807, 2.05) is 11.3 Å². The van der Waals surface area contributed by atoms with Crippen LogP contribution in [0.2, 0.25) is 0 Å². The minimum absolute atomic E-state index is 1.12. The molecular weight excluding hydrogens is 647 g/mol. The highest BCUT2D eigenvalue weighted by atomic mass is 32.1. The molecule has 0 aliphatic rings. The average molecular weight is 678 g/mol. The lowest BCUT2D eigenvalue weighted by Crippen LogP contribution is -2.09. The molecule has 52 heavy (non-hydrogen) atoms. The van der Waals surface area contributed by atoms with Crippen molar-refractivity contribution >= 4 is 80.9 Å². The molecule has 1 heterocycles. The molecule has 0 radical (unpaired) electrons. The molecule has 10 aromatic carbocycles. The van der Waals surface area contributed by atoms with Crippen LogP contribution >= 0.6 is 11.3 Å². The van der Waals surface area contributed by atoms with Crippen LogP contribution in [-0.4, -0.2) is 0 Å². The van der Waals surface area contributed by atoms with Crippen molar-refractivity contribution in [2.75, 3.05) is 4.90 Å². The largest absolute Gasteiger partial charge is 0.311 e. The van der Waals surface area contributed by atoms with Crippen LogP contribution in [0.3, 0.4) is 0 Å². The minimum atomic E-state index is 1.12. The van der Waals surface area contributed by atoms with E-state index in [0.29, 0.717) is 0 Å². The van der Waals surface area contributed by atoms with Crippen LogP contribution < -0.4 is 4.90 Å². The van der Waals surface area contributed by atoms with Crippen LogP contribution in [0.4, 0.5) is 17.1 Å². The Balaban J connectivity index is 1.05. The summed E-state index contributed by atoms with van der Waals surface area (Å²) in [5.41, 5.74) is 10.7. The monoisotopic (exact) mass is 677 g/mol. The number of hydrogen-bond donors (Lipinski definition) is 0. The molecular formula is C50H31NS. The van der Waals surface area contributed by atoms with Gasteiger partial charge in [0.25, 0.3) is 0 Å². The second kappa shape index (κ2) is 11.5. The van der Waals surface area contributed by atoms with Gasteiger partial charge in [-0.2, -0.15) is 0 Å². The number of rotatable bonds is 6. The maximum atomic E-state index is 2.42. The average Bonchev–Trinajstić information content (AvgIpc) is 3.62. The highest BCUT2D eigenvalue weighted by Crippen LogP contribution is 2.51. The second-order valence-electron chi connectivity index (χ2n) is 13.7. The zero-order valence-corrected chi connectivity index (χ0v) is 29.1. The molecule has 0 fully saturated rings. The van der Waals surface area contributed by atoms with Crippen molar-refractivity contribution in [1.29, 1.82) is 0 Å². The van der Waals surface area contributed by atoms with Crippen molar-refractivity contribution in [3.63, 3.8) is 0 Å². The van der Waals surface area contributed by atoms with E-state index in [2.05, 4.69) is 193 Å². The van der Waals surface area contributed by atoms with Gasteiger partial charge in [0.2, 0.25) is 0 Å². The Morgan fingerprint density at radius 3 is 1.42 bits per heavy atom. The van der Waals surface area contributed by atoms with E-state index >= 15 is 0 Å². The minimum Gasteiger partial charge on any atom is -0.311 e. The van der Waals surface area contributed by atoms with Crippen molar-refractivity contribution in [3.05, 3.63) is 188 Å². The summed E-state index contributed by atoms with van der Waals surface area (Å²) in [7, 11) is 0. The standard InChI is InChI=1S/C50H31NS/c1-3-9-32(10-4-1)34-19-25-39(26-20-34)51(40-27-21-35(22-28-40)33-11-5-2-6-12-33)41-29-23-36(24-30-41)44-31-38-18-17-37-13-7-14-42-43-15-8-16-45-48(43)49(50(44)52-45)47(38)46(37)42/h1-31H. The topological polar surface area (TPSA) is 3.24 Å². The summed E-state index contributed by atoms with van der Waals surface area (Å²) in [6, 6.07) is 68.8. The fourth-order valence-electron chi connectivity index (χ4n) is 8.35. The predicted molar refractivity (Wildman–Crippen MR) is 225 cm³/mol. The normalized spacial score (nSPS) is 11.8. The molecule has 0 bridgehead atoms. The van der Waals surface area contributed by atoms with Crippen LogP contribution in [0.1, 0.15) is 0 Å². The van der Waals surface area contributed by atoms with E-state index in [4.69, 9.17) is 0 Å². The van der Waals surface area contributed by atoms with Gasteiger partial charge in [0.1, 0.15) is 0 Å². The van der Waals surface area contributed by atoms with Gasteiger partial charge >= 0.3 is 0 Å². The first-order valence-electron chi connectivity index (χ1n) is 17.8. The lowest BCUT2D eigenvalue weighted by Gasteiger charge is -2.26. The highest BCUT2D eigenvalue weighted by Gasteiger charge is 2.22. The van der Waals surface area contributed by atoms with Crippen LogP contribution in [-0.2, 0) is 0 Å². The number of fused-ring (bicyclic) bond motifs is 1. The summed E-state index contributed by atoms with van der Waals surface area (Å²) in [4.78, 5) is 2.36. The van der Waals surface area contributed by atoms with Gasteiger partial charge in [-0.05, 0) is 109 Å². The Labute approximate surface area is 305 Å². The Kier molecular flexibility index (Phi) is 6.49. The molecule has 0 saturated carbocycles. The number of anilines is 3. The van der Waals surface area contributed by atoms with E-state index in [0.717, 1.165) is 17.1 Å². The zero-order valence-electron chi connectivity index (χ0n) is 28.3. The molecule has 0 amide bonds. The van der Waals surface area contributed by atoms with Crippen molar-refractivity contribution in [2.45, 2.75) is 0 Å². The molecule has 11 rings (SSSR count). The van der Waals surface area contributed by atoms with Gasteiger partial charge in [0, 0.05) is 42.8 Å². The third-order valence-corrected chi connectivity index (χ3v) is 12.0. The quantitative estimate of drug-likeness (QED) is 0.125. The van der Waals surface area contributed by atoms with Gasteiger partial charge in [-0.3, -0.25) is 0 Å². The van der Waals surface area contributed by atoms with Crippen LogP contribution in [0.25, 0.3) is 85.9 Å². The lowest BCUT2D eigenvalue weighted by atomic mass is 9.87. The van der Waals surface area contributed by atoms with Crippen molar-refractivity contribution in [1.82, 2.24) is 0 Å². The molecule has 0 aliphatic heterocycles. The molecule has 1 nitrogen and oxygen atoms in total. The molecule has 1 aromatic heterocycles. The maximum absolute atomic E-state index is 2.42. The summed E-state index contributed by atoms with van der Waals surface area (Å²) >= 11 is 1.93. The maximum Gasteiger partial charge on any atom is 0.0462 e. The first-order valence-corrected chi connectivity index (χ1v) is 18.7. The van der Waals surface area contributed by atoms with Crippen molar-refractivity contribution < 1.29 is 0 Å². The molecule has 2 heteroatoms. The molecule has 0 aliphatic carbocycles. The molecule has 0 atom stereocenters.